The van der Waals surface area contributed by atoms with Gasteiger partial charge in [0.15, 0.2) is 0 Å². The highest BCUT2D eigenvalue weighted by molar-refractivity contribution is 5.76. The Labute approximate surface area is 127 Å². The Morgan fingerprint density at radius 1 is 1.38 bits per heavy atom. The molecule has 1 saturated heterocycles. The minimum absolute atomic E-state index is 0.0491. The number of nitrogens with two attached hydrogens (primary N) is 1. The number of likely N-dealkylation sites (tertiary alicyclic amines) is 1. The Bertz CT molecular complexity index is 435. The molecule has 2 atom stereocenters. The second kappa shape index (κ2) is 8.15. The number of nitrogens with one attached hydrogen (secondary N) is 1. The molecule has 1 aliphatic rings. The van der Waals surface area contributed by atoms with E-state index in [1.54, 1.807) is 0 Å². The molecule has 0 aliphatic carbocycles. The number of likely N-dealkylation sites (N-methyl/N-ethyl adjacent to an activating group) is 1. The van der Waals surface area contributed by atoms with Crippen LogP contribution in [0.25, 0.3) is 0 Å². The predicted molar refractivity (Wildman–Crippen MR) is 85.9 cm³/mol. The van der Waals surface area contributed by atoms with Gasteiger partial charge in [0.25, 0.3) is 0 Å². The minimum Gasteiger partial charge on any atom is -0.354 e. The molecule has 1 fully saturated rings. The topological polar surface area (TPSA) is 58.4 Å². The maximum Gasteiger partial charge on any atom is 0.221 e. The van der Waals surface area contributed by atoms with Gasteiger partial charge in [0.2, 0.25) is 5.91 Å². The molecule has 0 spiro atoms. The van der Waals surface area contributed by atoms with E-state index in [2.05, 4.69) is 17.1 Å². The molecule has 2 unspecified atom stereocenters. The Kier molecular flexibility index (Phi) is 6.21. The summed E-state index contributed by atoms with van der Waals surface area (Å²) in [6, 6.07) is 10.1. The number of benzene rings is 1. The first-order chi connectivity index (χ1) is 10.2. The largest absolute Gasteiger partial charge is 0.354 e. The monoisotopic (exact) mass is 289 g/mol. The lowest BCUT2D eigenvalue weighted by molar-refractivity contribution is -0.121. The summed E-state index contributed by atoms with van der Waals surface area (Å²) in [7, 11) is 0. The summed E-state index contributed by atoms with van der Waals surface area (Å²) in [5, 5.41) is 3.06. The molecule has 116 valence electrons. The van der Waals surface area contributed by atoms with Crippen LogP contribution in [0.2, 0.25) is 0 Å². The van der Waals surface area contributed by atoms with Crippen LogP contribution in [0, 0.1) is 0 Å². The fourth-order valence-corrected chi connectivity index (χ4v) is 3.03. The van der Waals surface area contributed by atoms with Crippen molar-refractivity contribution in [2.24, 2.45) is 5.73 Å². The van der Waals surface area contributed by atoms with E-state index >= 15 is 0 Å². The van der Waals surface area contributed by atoms with E-state index < -0.39 is 0 Å². The lowest BCUT2D eigenvalue weighted by Gasteiger charge is -2.35. The molecule has 0 radical (unpaired) electrons. The fraction of sp³-hybridized carbons (Fsp3) is 0.588. The second-order valence-electron chi connectivity index (χ2n) is 5.80. The molecular weight excluding hydrogens is 262 g/mol. The summed E-state index contributed by atoms with van der Waals surface area (Å²) in [5.41, 5.74) is 7.10. The van der Waals surface area contributed by atoms with Crippen molar-refractivity contribution in [3.8, 4) is 0 Å². The number of rotatable bonds is 6. The van der Waals surface area contributed by atoms with E-state index in [1.165, 1.54) is 19.3 Å². The molecule has 1 amide bonds. The third kappa shape index (κ3) is 4.83. The van der Waals surface area contributed by atoms with Gasteiger partial charge in [0.1, 0.15) is 0 Å². The van der Waals surface area contributed by atoms with Gasteiger partial charge >= 0.3 is 0 Å². The number of hydrogen-bond acceptors (Lipinski definition) is 3. The van der Waals surface area contributed by atoms with Gasteiger partial charge in [-0.2, -0.15) is 0 Å². The van der Waals surface area contributed by atoms with Crippen molar-refractivity contribution < 1.29 is 4.79 Å². The summed E-state index contributed by atoms with van der Waals surface area (Å²) in [6.45, 7) is 5.14. The third-order valence-electron chi connectivity index (χ3n) is 4.32. The zero-order chi connectivity index (χ0) is 15.1. The number of piperidine rings is 1. The average Bonchev–Trinajstić information content (AvgIpc) is 2.54. The highest BCUT2D eigenvalue weighted by atomic mass is 16.1. The number of nitrogens with zero attached hydrogens (tertiary/aromatic N) is 1. The van der Waals surface area contributed by atoms with Crippen LogP contribution in [0.4, 0.5) is 0 Å². The van der Waals surface area contributed by atoms with Gasteiger partial charge in [-0.05, 0) is 31.5 Å². The highest BCUT2D eigenvalue weighted by Gasteiger charge is 2.21. The molecule has 0 bridgehead atoms. The second-order valence-corrected chi connectivity index (χ2v) is 5.80. The molecule has 1 aliphatic heterocycles. The van der Waals surface area contributed by atoms with Crippen LogP contribution < -0.4 is 11.1 Å². The molecule has 2 rings (SSSR count). The minimum atomic E-state index is -0.222. The fourth-order valence-electron chi connectivity index (χ4n) is 3.03. The summed E-state index contributed by atoms with van der Waals surface area (Å²) in [5.74, 6) is 0.0491. The van der Waals surface area contributed by atoms with E-state index in [0.29, 0.717) is 12.5 Å². The highest BCUT2D eigenvalue weighted by Crippen LogP contribution is 2.16. The van der Waals surface area contributed by atoms with Crippen molar-refractivity contribution in [3.05, 3.63) is 35.9 Å². The van der Waals surface area contributed by atoms with Crippen LogP contribution in [0.5, 0.6) is 0 Å². The number of carbonyl (C=O) groups excluding carboxylic acids is 1. The van der Waals surface area contributed by atoms with Crippen LogP contribution in [0.15, 0.2) is 30.3 Å². The molecule has 0 aromatic heterocycles. The SMILES string of the molecule is CCN1CCCCC1CNC(=O)CC(N)c1ccccc1. The Hall–Kier alpha value is -1.39. The van der Waals surface area contributed by atoms with Crippen LogP contribution in [0.3, 0.4) is 0 Å². The summed E-state index contributed by atoms with van der Waals surface area (Å²) < 4.78 is 0. The van der Waals surface area contributed by atoms with Crippen LogP contribution in [-0.2, 0) is 4.79 Å². The summed E-state index contributed by atoms with van der Waals surface area (Å²) in [6.07, 6.45) is 4.07. The van der Waals surface area contributed by atoms with E-state index in [0.717, 1.165) is 25.2 Å². The lowest BCUT2D eigenvalue weighted by Crippen LogP contribution is -2.46. The van der Waals surface area contributed by atoms with Gasteiger partial charge in [-0.25, -0.2) is 0 Å². The zero-order valence-electron chi connectivity index (χ0n) is 12.9. The van der Waals surface area contributed by atoms with Crippen molar-refractivity contribution in [3.63, 3.8) is 0 Å². The standard InChI is InChI=1S/C17H27N3O/c1-2-20-11-7-6-10-15(20)13-19-17(21)12-16(18)14-8-4-3-5-9-14/h3-5,8-9,15-16H,2,6-7,10-13,18H2,1H3,(H,19,21). The molecule has 3 N–H and O–H groups in total. The predicted octanol–water partition coefficient (Wildman–Crippen LogP) is 2.07. The van der Waals surface area contributed by atoms with Crippen LogP contribution in [-0.4, -0.2) is 36.5 Å². The van der Waals surface area contributed by atoms with Gasteiger partial charge in [0.05, 0.1) is 0 Å². The van der Waals surface area contributed by atoms with Gasteiger partial charge in [0, 0.05) is 25.0 Å². The van der Waals surface area contributed by atoms with Crippen molar-refractivity contribution in [2.45, 2.75) is 44.7 Å². The van der Waals surface area contributed by atoms with E-state index in [4.69, 9.17) is 5.73 Å². The van der Waals surface area contributed by atoms with Gasteiger partial charge in [-0.3, -0.25) is 9.69 Å². The smallest absolute Gasteiger partial charge is 0.221 e. The third-order valence-corrected chi connectivity index (χ3v) is 4.32. The first kappa shape index (κ1) is 16.0. The van der Waals surface area contributed by atoms with Crippen molar-refractivity contribution in [2.75, 3.05) is 19.6 Å². The Morgan fingerprint density at radius 2 is 2.14 bits per heavy atom. The van der Waals surface area contributed by atoms with Crippen LogP contribution in [0.1, 0.15) is 44.2 Å². The first-order valence-corrected chi connectivity index (χ1v) is 8.02. The Balaban J connectivity index is 1.76. The zero-order valence-corrected chi connectivity index (χ0v) is 12.9. The Morgan fingerprint density at radius 3 is 2.86 bits per heavy atom. The lowest BCUT2D eigenvalue weighted by atomic mass is 10.0. The van der Waals surface area contributed by atoms with Crippen LogP contribution >= 0.6 is 0 Å². The van der Waals surface area contributed by atoms with Gasteiger partial charge < -0.3 is 11.1 Å². The molecule has 1 aromatic carbocycles. The normalized spacial score (nSPS) is 21.0. The van der Waals surface area contributed by atoms with Crippen molar-refractivity contribution in [1.29, 1.82) is 0 Å². The van der Waals surface area contributed by atoms with E-state index in [9.17, 15) is 4.79 Å². The molecule has 0 saturated carbocycles. The molecule has 21 heavy (non-hydrogen) atoms. The summed E-state index contributed by atoms with van der Waals surface area (Å²) >= 11 is 0. The number of amides is 1. The first-order valence-electron chi connectivity index (χ1n) is 8.02. The molecule has 4 nitrogen and oxygen atoms in total. The molecule has 1 aromatic rings. The number of carbonyl (C=O) groups is 1. The molecule has 4 heteroatoms. The quantitative estimate of drug-likeness (QED) is 0.843. The maximum absolute atomic E-state index is 12.1. The average molecular weight is 289 g/mol. The van der Waals surface area contributed by atoms with Crippen molar-refractivity contribution >= 4 is 5.91 Å². The summed E-state index contributed by atoms with van der Waals surface area (Å²) in [4.78, 5) is 14.5. The van der Waals surface area contributed by atoms with Gasteiger partial charge in [-0.15, -0.1) is 0 Å². The molecular formula is C17H27N3O. The van der Waals surface area contributed by atoms with E-state index in [1.807, 2.05) is 30.3 Å². The number of hydrogen-bond donors (Lipinski definition) is 2. The van der Waals surface area contributed by atoms with Crippen molar-refractivity contribution in [1.82, 2.24) is 10.2 Å². The molecule has 1 heterocycles. The van der Waals surface area contributed by atoms with Gasteiger partial charge in [-0.1, -0.05) is 43.7 Å². The maximum atomic E-state index is 12.1. The van der Waals surface area contributed by atoms with E-state index in [-0.39, 0.29) is 11.9 Å².